The average Bonchev–Trinajstić information content (AvgIpc) is 3.25. The molecule has 0 fully saturated rings. The van der Waals surface area contributed by atoms with E-state index in [0.29, 0.717) is 19.3 Å². The molecule has 6 heteroatoms. The number of ether oxygens (including phenoxy) is 1. The fourth-order valence-electron chi connectivity index (χ4n) is 7.81. The highest BCUT2D eigenvalue weighted by Crippen LogP contribution is 2.17. The first-order valence-corrected chi connectivity index (χ1v) is 26.1. The Morgan fingerprint density at radius 3 is 1.25 bits per heavy atom. The Morgan fingerprint density at radius 1 is 0.492 bits per heavy atom. The number of unbranched alkanes of at least 4 members (excludes halogenated alkanes) is 29. The third-order valence-corrected chi connectivity index (χ3v) is 11.7. The van der Waals surface area contributed by atoms with E-state index >= 15 is 0 Å². The molecule has 0 aromatic carbocycles. The Morgan fingerprint density at radius 2 is 0.852 bits per heavy atom. The van der Waals surface area contributed by atoms with Crippen molar-refractivity contribution in [2.24, 2.45) is 0 Å². The van der Waals surface area contributed by atoms with E-state index in [-0.39, 0.29) is 24.9 Å². The molecule has 354 valence electrons. The minimum Gasteiger partial charge on any atom is -0.461 e. The lowest BCUT2D eigenvalue weighted by Gasteiger charge is -2.24. The number of carbonyl (C=O) groups is 2. The molecule has 0 heterocycles. The summed E-state index contributed by atoms with van der Waals surface area (Å²) >= 11 is 0. The molecule has 3 atom stereocenters. The Bertz CT molecular complexity index is 1090. The fourth-order valence-corrected chi connectivity index (χ4v) is 7.81. The molecule has 3 unspecified atom stereocenters. The molecule has 0 spiro atoms. The second-order valence-electron chi connectivity index (χ2n) is 17.7. The first-order chi connectivity index (χ1) is 30.0. The lowest BCUT2D eigenvalue weighted by molar-refractivity contribution is -0.150. The van der Waals surface area contributed by atoms with Gasteiger partial charge in [-0.3, -0.25) is 9.59 Å². The first kappa shape index (κ1) is 58.6. The summed E-state index contributed by atoms with van der Waals surface area (Å²) in [5.41, 5.74) is 0. The SMILES string of the molecule is CC/C=C/C=C/C=C\C=C/C=C/CC(CC(=O)NC(CO)C(O)CCCCCCCCCCCCCCCCC)OC(=O)CCCCCCCCCCCCCCCCCC. The van der Waals surface area contributed by atoms with Gasteiger partial charge in [-0.05, 0) is 19.3 Å². The van der Waals surface area contributed by atoms with Crippen LogP contribution in [0.5, 0.6) is 0 Å². The summed E-state index contributed by atoms with van der Waals surface area (Å²) in [6.45, 7) is 6.31. The third-order valence-electron chi connectivity index (χ3n) is 11.7. The van der Waals surface area contributed by atoms with Crippen LogP contribution in [-0.2, 0) is 14.3 Å². The molecule has 0 bridgehead atoms. The molecule has 0 aliphatic rings. The van der Waals surface area contributed by atoms with E-state index in [4.69, 9.17) is 4.74 Å². The van der Waals surface area contributed by atoms with Crippen molar-refractivity contribution in [3.05, 3.63) is 60.8 Å². The van der Waals surface area contributed by atoms with Gasteiger partial charge in [0.25, 0.3) is 0 Å². The number of aliphatic hydroxyl groups excluding tert-OH is 2. The van der Waals surface area contributed by atoms with Gasteiger partial charge in [0.05, 0.1) is 25.2 Å². The van der Waals surface area contributed by atoms with Crippen molar-refractivity contribution in [2.75, 3.05) is 6.61 Å². The van der Waals surface area contributed by atoms with Crippen LogP contribution in [0.1, 0.15) is 252 Å². The van der Waals surface area contributed by atoms with Gasteiger partial charge in [-0.15, -0.1) is 0 Å². The Kier molecular flexibility index (Phi) is 46.6. The van der Waals surface area contributed by atoms with E-state index in [1.807, 2.05) is 54.7 Å². The maximum absolute atomic E-state index is 13.2. The maximum Gasteiger partial charge on any atom is 0.306 e. The van der Waals surface area contributed by atoms with Gasteiger partial charge < -0.3 is 20.3 Å². The van der Waals surface area contributed by atoms with Crippen LogP contribution in [-0.4, -0.2) is 46.9 Å². The van der Waals surface area contributed by atoms with Gasteiger partial charge in [0.2, 0.25) is 5.91 Å². The molecular formula is C55H99NO5. The number of amides is 1. The maximum atomic E-state index is 13.2. The zero-order valence-electron chi connectivity index (χ0n) is 40.3. The highest BCUT2D eigenvalue weighted by atomic mass is 16.5. The van der Waals surface area contributed by atoms with Crippen molar-refractivity contribution < 1.29 is 24.5 Å². The van der Waals surface area contributed by atoms with Crippen LogP contribution in [0.4, 0.5) is 0 Å². The third kappa shape index (κ3) is 44.0. The van der Waals surface area contributed by atoms with Gasteiger partial charge in [-0.1, -0.05) is 274 Å². The average molecular weight is 854 g/mol. The van der Waals surface area contributed by atoms with Crippen LogP contribution in [0.3, 0.4) is 0 Å². The predicted octanol–water partition coefficient (Wildman–Crippen LogP) is 15.6. The molecule has 3 N–H and O–H groups in total. The molecule has 0 saturated heterocycles. The summed E-state index contributed by atoms with van der Waals surface area (Å²) in [5, 5.41) is 23.7. The molecule has 0 rings (SSSR count). The van der Waals surface area contributed by atoms with E-state index in [0.717, 1.165) is 44.9 Å². The number of nitrogens with one attached hydrogen (secondary N) is 1. The minimum absolute atomic E-state index is 0.0170. The van der Waals surface area contributed by atoms with Gasteiger partial charge in [0.15, 0.2) is 0 Å². The highest BCUT2D eigenvalue weighted by Gasteiger charge is 2.23. The van der Waals surface area contributed by atoms with Crippen molar-refractivity contribution in [1.29, 1.82) is 0 Å². The molecular weight excluding hydrogens is 755 g/mol. The van der Waals surface area contributed by atoms with Crippen molar-refractivity contribution in [1.82, 2.24) is 5.32 Å². The minimum atomic E-state index is -0.817. The number of allylic oxidation sites excluding steroid dienone is 9. The molecule has 61 heavy (non-hydrogen) atoms. The molecule has 1 amide bonds. The molecule has 0 aliphatic heterocycles. The second-order valence-corrected chi connectivity index (χ2v) is 17.7. The van der Waals surface area contributed by atoms with E-state index in [1.165, 1.54) is 161 Å². The first-order valence-electron chi connectivity index (χ1n) is 26.1. The van der Waals surface area contributed by atoms with Crippen molar-refractivity contribution >= 4 is 11.9 Å². The van der Waals surface area contributed by atoms with Gasteiger partial charge in [0.1, 0.15) is 6.10 Å². The van der Waals surface area contributed by atoms with Crippen molar-refractivity contribution in [3.8, 4) is 0 Å². The summed E-state index contributed by atoms with van der Waals surface area (Å²) in [6.07, 6.45) is 60.3. The van der Waals surface area contributed by atoms with E-state index in [9.17, 15) is 19.8 Å². The van der Waals surface area contributed by atoms with Crippen LogP contribution in [0.15, 0.2) is 60.8 Å². The van der Waals surface area contributed by atoms with Gasteiger partial charge in [0, 0.05) is 12.8 Å². The normalized spacial score (nSPS) is 13.7. The summed E-state index contributed by atoms with van der Waals surface area (Å²) in [7, 11) is 0. The molecule has 0 radical (unpaired) electrons. The monoisotopic (exact) mass is 854 g/mol. The lowest BCUT2D eigenvalue weighted by Crippen LogP contribution is -2.46. The lowest BCUT2D eigenvalue weighted by atomic mass is 10.0. The highest BCUT2D eigenvalue weighted by molar-refractivity contribution is 5.77. The van der Waals surface area contributed by atoms with Crippen LogP contribution in [0, 0.1) is 0 Å². The summed E-state index contributed by atoms with van der Waals surface area (Å²) in [5.74, 6) is -0.601. The molecule has 0 aliphatic carbocycles. The van der Waals surface area contributed by atoms with E-state index < -0.39 is 18.2 Å². The summed E-state index contributed by atoms with van der Waals surface area (Å²) in [6, 6.07) is -0.739. The standard InChI is InChI=1S/C55H99NO5/c1-4-7-10-13-16-19-22-24-26-28-30-33-36-39-42-45-48-55(60)61-51(46-43-40-37-34-31-21-18-15-12-9-6-3)49-54(59)56-52(50-57)53(58)47-44-41-38-35-32-29-27-25-23-20-17-14-11-8-5-2/h9,12,15,18,21,31,34,37,40,43,51-53,57-58H,4-8,10-11,13-14,16-17,19-20,22-30,32-33,35-36,38-39,41-42,44-50H2,1-3H3,(H,56,59)/b12-9+,18-15+,31-21-,37-34-,43-40+. The quantitative estimate of drug-likeness (QED) is 0.0322. The smallest absolute Gasteiger partial charge is 0.306 e. The summed E-state index contributed by atoms with van der Waals surface area (Å²) < 4.78 is 5.84. The van der Waals surface area contributed by atoms with Crippen LogP contribution in [0.25, 0.3) is 0 Å². The zero-order valence-corrected chi connectivity index (χ0v) is 40.3. The zero-order chi connectivity index (χ0) is 44.5. The van der Waals surface area contributed by atoms with E-state index in [2.05, 4.69) is 32.2 Å². The Hall–Kier alpha value is -2.44. The van der Waals surface area contributed by atoms with Crippen LogP contribution >= 0.6 is 0 Å². The number of hydrogen-bond donors (Lipinski definition) is 3. The fraction of sp³-hybridized carbons (Fsp3) is 0.782. The number of aliphatic hydroxyl groups is 2. The molecule has 0 saturated carbocycles. The van der Waals surface area contributed by atoms with Gasteiger partial charge in [-0.25, -0.2) is 0 Å². The number of rotatable bonds is 46. The summed E-state index contributed by atoms with van der Waals surface area (Å²) in [4.78, 5) is 26.1. The van der Waals surface area contributed by atoms with Gasteiger partial charge >= 0.3 is 5.97 Å². The van der Waals surface area contributed by atoms with E-state index in [1.54, 1.807) is 0 Å². The molecule has 6 nitrogen and oxygen atoms in total. The number of hydrogen-bond acceptors (Lipinski definition) is 5. The Labute approximate surface area is 378 Å². The number of carbonyl (C=O) groups excluding carboxylic acids is 2. The molecule has 0 aromatic rings. The van der Waals surface area contributed by atoms with Crippen LogP contribution < -0.4 is 5.32 Å². The predicted molar refractivity (Wildman–Crippen MR) is 264 cm³/mol. The van der Waals surface area contributed by atoms with Crippen molar-refractivity contribution in [2.45, 2.75) is 270 Å². The largest absolute Gasteiger partial charge is 0.461 e. The van der Waals surface area contributed by atoms with Gasteiger partial charge in [-0.2, -0.15) is 0 Å². The topological polar surface area (TPSA) is 95.9 Å². The van der Waals surface area contributed by atoms with Crippen LogP contribution in [0.2, 0.25) is 0 Å². The van der Waals surface area contributed by atoms with Crippen molar-refractivity contribution in [3.63, 3.8) is 0 Å². The second kappa shape index (κ2) is 48.6. The number of esters is 1. The molecule has 0 aromatic heterocycles. The Balaban J connectivity index is 4.58.